The molecule has 0 saturated heterocycles. The van der Waals surface area contributed by atoms with Crippen molar-refractivity contribution in [3.8, 4) is 0 Å². The molecule has 12 heteroatoms. The first-order valence-corrected chi connectivity index (χ1v) is 32.6. The summed E-state index contributed by atoms with van der Waals surface area (Å²) in [6, 6.07) is 0. The third-order valence-corrected chi connectivity index (χ3v) is 13.9. The second kappa shape index (κ2) is 59.5. The number of hydrogen-bond acceptors (Lipinski definition) is 10. The van der Waals surface area contributed by atoms with Crippen LogP contribution in [0.1, 0.15) is 265 Å². The number of hydrogen-bond donors (Lipinski definition) is 2. The van der Waals surface area contributed by atoms with Crippen LogP contribution in [0.2, 0.25) is 0 Å². The van der Waals surface area contributed by atoms with E-state index in [-0.39, 0.29) is 25.9 Å². The molecule has 0 radical (unpaired) electrons. The molecule has 3 atom stereocenters. The monoisotopic (exact) mass is 1110 g/mol. The molecule has 78 heavy (non-hydrogen) atoms. The summed E-state index contributed by atoms with van der Waals surface area (Å²) in [5, 5.41) is 9.83. The lowest BCUT2D eigenvalue weighted by Crippen LogP contribution is -2.30. The fourth-order valence-corrected chi connectivity index (χ4v) is 9.01. The molecule has 0 heterocycles. The Balaban J connectivity index is 4.79. The van der Waals surface area contributed by atoms with Gasteiger partial charge in [-0.05, 0) is 122 Å². The van der Waals surface area contributed by atoms with Crippen molar-refractivity contribution in [2.24, 2.45) is 0 Å². The van der Waals surface area contributed by atoms with Gasteiger partial charge in [0, 0.05) is 19.3 Å². The van der Waals surface area contributed by atoms with E-state index in [1.807, 2.05) is 0 Å². The van der Waals surface area contributed by atoms with Crippen LogP contribution in [0.4, 0.5) is 0 Å². The fourth-order valence-electron chi connectivity index (χ4n) is 8.23. The molecule has 2 N–H and O–H groups in total. The molecule has 0 spiro atoms. The number of aliphatic hydroxyl groups excluding tert-OH is 1. The van der Waals surface area contributed by atoms with E-state index in [9.17, 15) is 28.9 Å². The maximum absolute atomic E-state index is 12.9. The Morgan fingerprint density at radius 2 is 0.667 bits per heavy atom. The van der Waals surface area contributed by atoms with Gasteiger partial charge in [0.15, 0.2) is 6.10 Å². The van der Waals surface area contributed by atoms with Gasteiger partial charge in [0.05, 0.1) is 19.8 Å². The molecule has 448 valence electrons. The lowest BCUT2D eigenvalue weighted by atomic mass is 10.1. The number of ether oxygens (including phenoxy) is 3. The summed E-state index contributed by atoms with van der Waals surface area (Å²) >= 11 is 0. The summed E-state index contributed by atoms with van der Waals surface area (Å²) in [7, 11) is -4.77. The van der Waals surface area contributed by atoms with Crippen LogP contribution in [-0.4, -0.2) is 66.5 Å². The highest BCUT2D eigenvalue weighted by atomic mass is 31.2. The van der Waals surface area contributed by atoms with E-state index in [0.717, 1.165) is 116 Å². The number of esters is 3. The van der Waals surface area contributed by atoms with Crippen molar-refractivity contribution in [2.45, 2.75) is 277 Å². The highest BCUT2D eigenvalue weighted by Crippen LogP contribution is 2.43. The molecule has 3 unspecified atom stereocenters. The first kappa shape index (κ1) is 74.4. The molecule has 0 aromatic carbocycles. The average molecular weight is 1110 g/mol. The summed E-state index contributed by atoms with van der Waals surface area (Å²) in [5.41, 5.74) is 0. The summed E-state index contributed by atoms with van der Waals surface area (Å²) in [6.07, 6.45) is 70.7. The van der Waals surface area contributed by atoms with Crippen molar-refractivity contribution in [3.05, 3.63) is 97.2 Å². The van der Waals surface area contributed by atoms with Gasteiger partial charge in [0.2, 0.25) is 0 Å². The number of allylic oxidation sites excluding steroid dienone is 16. The molecule has 0 aliphatic heterocycles. The smallest absolute Gasteiger partial charge is 0.462 e. The zero-order valence-electron chi connectivity index (χ0n) is 49.6. The average Bonchev–Trinajstić information content (AvgIpc) is 3.43. The Hall–Kier alpha value is -3.60. The number of aliphatic hydroxyl groups is 1. The number of unbranched alkanes of at least 4 members (excludes halogenated alkanes) is 24. The van der Waals surface area contributed by atoms with Crippen LogP contribution in [0.15, 0.2) is 97.2 Å². The van der Waals surface area contributed by atoms with Crippen LogP contribution in [-0.2, 0) is 42.2 Å². The molecule has 0 aliphatic carbocycles. The summed E-state index contributed by atoms with van der Waals surface area (Å²) < 4.78 is 39.6. The minimum atomic E-state index is -4.77. The van der Waals surface area contributed by atoms with E-state index in [4.69, 9.17) is 23.3 Å². The Morgan fingerprint density at radius 3 is 1.09 bits per heavy atom. The Bertz CT molecular complexity index is 1680. The Labute approximate surface area is 476 Å². The summed E-state index contributed by atoms with van der Waals surface area (Å²) in [6.45, 7) is 4.45. The number of carbonyl (C=O) groups excluding carboxylic acids is 3. The van der Waals surface area contributed by atoms with Gasteiger partial charge < -0.3 is 24.2 Å². The number of rotatable bonds is 57. The minimum absolute atomic E-state index is 0.120. The molecule has 0 aromatic heterocycles. The normalized spacial score (nSPS) is 14.0. The van der Waals surface area contributed by atoms with Crippen LogP contribution in [0.3, 0.4) is 0 Å². The Morgan fingerprint density at radius 1 is 0.372 bits per heavy atom. The van der Waals surface area contributed by atoms with Gasteiger partial charge in [-0.25, -0.2) is 4.57 Å². The molecule has 0 bridgehead atoms. The van der Waals surface area contributed by atoms with Gasteiger partial charge in [-0.3, -0.25) is 23.4 Å². The van der Waals surface area contributed by atoms with E-state index in [1.54, 1.807) is 0 Å². The lowest BCUT2D eigenvalue weighted by Gasteiger charge is -2.21. The second-order valence-corrected chi connectivity index (χ2v) is 21.9. The van der Waals surface area contributed by atoms with Crippen LogP contribution >= 0.6 is 7.82 Å². The summed E-state index contributed by atoms with van der Waals surface area (Å²) in [5.74, 6) is -1.53. The predicted molar refractivity (Wildman–Crippen MR) is 325 cm³/mol. The molecular weight excluding hydrogens is 1000 g/mol. The minimum Gasteiger partial charge on any atom is -0.462 e. The third kappa shape index (κ3) is 57.1. The standard InChI is InChI=1S/C66H113O11P/c1-4-7-10-13-16-19-22-25-28-30-31-33-36-39-42-45-48-51-54-57-66(70)77-63(59-73-64(68)55-52-49-46-43-40-37-35-32-29-26-23-20-17-14-11-8-5-2)61-75-78(71,72)74-60-62(58-67)76-65(69)56-53-50-47-44-41-38-34-27-24-21-18-15-12-9-6-3/h9,12,16,18-19,21,25-29,31,33-34,41,44,62-63,67H,4-8,10-11,13-15,17,20,22-24,30,32,35-40,42-43,45-61H2,1-3H3,(H,71,72)/b12-9-,19-16-,21-18-,28-25-,29-26-,33-31-,34-27-,44-41-. The van der Waals surface area contributed by atoms with Crippen molar-refractivity contribution in [1.82, 2.24) is 0 Å². The zero-order valence-corrected chi connectivity index (χ0v) is 50.5. The molecule has 0 fully saturated rings. The van der Waals surface area contributed by atoms with Crippen molar-refractivity contribution in [2.75, 3.05) is 26.4 Å². The first-order chi connectivity index (χ1) is 38.2. The molecular formula is C66H113O11P. The molecule has 11 nitrogen and oxygen atoms in total. The maximum Gasteiger partial charge on any atom is 0.472 e. The number of phosphoric acid groups is 1. The van der Waals surface area contributed by atoms with Gasteiger partial charge in [-0.1, -0.05) is 221 Å². The molecule has 0 saturated carbocycles. The van der Waals surface area contributed by atoms with Gasteiger partial charge in [-0.15, -0.1) is 0 Å². The maximum atomic E-state index is 12.9. The Kier molecular flexibility index (Phi) is 56.8. The largest absolute Gasteiger partial charge is 0.472 e. The number of phosphoric ester groups is 1. The van der Waals surface area contributed by atoms with Crippen molar-refractivity contribution < 1.29 is 52.2 Å². The SMILES string of the molecule is CC/C=C\C/C=C\C/C=C\C/C=C\CCCCC(=O)OC(CO)COP(=O)(O)OCC(COC(=O)CCCCCCCCC/C=C\CCCCCCCC)OC(=O)CCCCCCCC/C=C\C/C=C\C/C=C\CCCCC. The van der Waals surface area contributed by atoms with E-state index in [2.05, 4.69) is 118 Å². The molecule has 0 aliphatic rings. The highest BCUT2D eigenvalue weighted by molar-refractivity contribution is 7.47. The first-order valence-electron chi connectivity index (χ1n) is 31.1. The second-order valence-electron chi connectivity index (χ2n) is 20.5. The molecule has 0 rings (SSSR count). The van der Waals surface area contributed by atoms with Crippen molar-refractivity contribution in [3.63, 3.8) is 0 Å². The third-order valence-electron chi connectivity index (χ3n) is 13.0. The number of carbonyl (C=O) groups is 3. The van der Waals surface area contributed by atoms with E-state index < -0.39 is 57.8 Å². The van der Waals surface area contributed by atoms with E-state index in [1.165, 1.54) is 89.9 Å². The van der Waals surface area contributed by atoms with Gasteiger partial charge >= 0.3 is 25.7 Å². The lowest BCUT2D eigenvalue weighted by molar-refractivity contribution is -0.161. The van der Waals surface area contributed by atoms with Gasteiger partial charge in [-0.2, -0.15) is 0 Å². The van der Waals surface area contributed by atoms with Gasteiger partial charge in [0.25, 0.3) is 0 Å². The van der Waals surface area contributed by atoms with Crippen LogP contribution in [0.5, 0.6) is 0 Å². The zero-order chi connectivity index (χ0) is 56.9. The fraction of sp³-hybridized carbons (Fsp3) is 0.712. The predicted octanol–water partition coefficient (Wildman–Crippen LogP) is 18.8. The van der Waals surface area contributed by atoms with Crippen molar-refractivity contribution in [1.29, 1.82) is 0 Å². The van der Waals surface area contributed by atoms with Crippen molar-refractivity contribution >= 4 is 25.7 Å². The molecule has 0 amide bonds. The van der Waals surface area contributed by atoms with Crippen LogP contribution < -0.4 is 0 Å². The highest BCUT2D eigenvalue weighted by Gasteiger charge is 2.28. The van der Waals surface area contributed by atoms with E-state index >= 15 is 0 Å². The summed E-state index contributed by atoms with van der Waals surface area (Å²) in [4.78, 5) is 48.7. The van der Waals surface area contributed by atoms with Gasteiger partial charge in [0.1, 0.15) is 12.7 Å². The van der Waals surface area contributed by atoms with Crippen LogP contribution in [0.25, 0.3) is 0 Å². The molecule has 0 aromatic rings. The van der Waals surface area contributed by atoms with E-state index in [0.29, 0.717) is 19.3 Å². The van der Waals surface area contributed by atoms with Crippen LogP contribution in [0, 0.1) is 0 Å². The topological polar surface area (TPSA) is 155 Å². The quantitative estimate of drug-likeness (QED) is 0.0197.